The lowest BCUT2D eigenvalue weighted by Gasteiger charge is -2.23. The molecule has 0 bridgehead atoms. The van der Waals surface area contributed by atoms with Gasteiger partial charge in [-0.3, -0.25) is 4.79 Å². The van der Waals surface area contributed by atoms with Gasteiger partial charge >= 0.3 is 0 Å². The molecule has 1 atom stereocenters. The standard InChI is InChI=1S/C14H13BrFN3O/c15-10-4-1-3-9(12(10)16)14(20)19-8-2-5-11(19)13-17-6-7-18-13/h1,3-4,6-7,11H,2,5,8H2,(H,17,18)/t11-/m0/s1. The second kappa shape index (κ2) is 5.36. The Balaban J connectivity index is 1.92. The minimum Gasteiger partial charge on any atom is -0.347 e. The number of likely N-dealkylation sites (tertiary alicyclic amines) is 1. The molecular weight excluding hydrogens is 325 g/mol. The molecule has 1 N–H and O–H groups in total. The molecule has 1 saturated heterocycles. The molecule has 2 aromatic rings. The van der Waals surface area contributed by atoms with Crippen molar-refractivity contribution in [2.75, 3.05) is 6.54 Å². The smallest absolute Gasteiger partial charge is 0.257 e. The molecule has 1 aromatic carbocycles. The zero-order chi connectivity index (χ0) is 14.1. The van der Waals surface area contributed by atoms with E-state index < -0.39 is 5.82 Å². The van der Waals surface area contributed by atoms with Crippen molar-refractivity contribution >= 4 is 21.8 Å². The summed E-state index contributed by atoms with van der Waals surface area (Å²) in [4.78, 5) is 21.5. The quantitative estimate of drug-likeness (QED) is 0.914. The third-order valence-electron chi connectivity index (χ3n) is 3.53. The minimum atomic E-state index is -0.511. The zero-order valence-electron chi connectivity index (χ0n) is 10.6. The number of nitrogens with one attached hydrogen (secondary N) is 1. The summed E-state index contributed by atoms with van der Waals surface area (Å²) in [7, 11) is 0. The fourth-order valence-corrected chi connectivity index (χ4v) is 2.94. The molecule has 0 spiro atoms. The molecule has 3 rings (SSSR count). The number of halogens is 2. The predicted molar refractivity (Wildman–Crippen MR) is 75.7 cm³/mol. The number of nitrogens with zero attached hydrogens (tertiary/aromatic N) is 2. The predicted octanol–water partition coefficient (Wildman–Crippen LogP) is 3.29. The molecule has 6 heteroatoms. The Morgan fingerprint density at radius 2 is 2.35 bits per heavy atom. The van der Waals surface area contributed by atoms with E-state index in [-0.39, 0.29) is 17.5 Å². The second-order valence-electron chi connectivity index (χ2n) is 4.73. The fraction of sp³-hybridized carbons (Fsp3) is 0.286. The Hall–Kier alpha value is -1.69. The average molecular weight is 338 g/mol. The third kappa shape index (κ3) is 2.24. The van der Waals surface area contributed by atoms with Gasteiger partial charge in [-0.1, -0.05) is 6.07 Å². The molecule has 0 radical (unpaired) electrons. The maximum absolute atomic E-state index is 14.1. The van der Waals surface area contributed by atoms with Gasteiger partial charge in [0.1, 0.15) is 11.6 Å². The highest BCUT2D eigenvalue weighted by Crippen LogP contribution is 2.32. The van der Waals surface area contributed by atoms with Crippen LogP contribution in [0.25, 0.3) is 0 Å². The Bertz CT molecular complexity index is 629. The van der Waals surface area contributed by atoms with Gasteiger partial charge in [0.2, 0.25) is 0 Å². The lowest BCUT2D eigenvalue weighted by molar-refractivity contribution is 0.0725. The number of carbonyl (C=O) groups excluding carboxylic acids is 1. The van der Waals surface area contributed by atoms with Gasteiger partial charge in [-0.05, 0) is 40.9 Å². The van der Waals surface area contributed by atoms with Crippen molar-refractivity contribution in [3.05, 3.63) is 52.3 Å². The van der Waals surface area contributed by atoms with Crippen LogP contribution in [0.3, 0.4) is 0 Å². The van der Waals surface area contributed by atoms with Crippen LogP contribution in [0.2, 0.25) is 0 Å². The Labute approximate surface area is 124 Å². The Morgan fingerprint density at radius 1 is 1.50 bits per heavy atom. The molecule has 1 aliphatic heterocycles. The lowest BCUT2D eigenvalue weighted by atomic mass is 10.1. The minimum absolute atomic E-state index is 0.0952. The second-order valence-corrected chi connectivity index (χ2v) is 5.59. The summed E-state index contributed by atoms with van der Waals surface area (Å²) >= 11 is 3.11. The van der Waals surface area contributed by atoms with Crippen molar-refractivity contribution in [1.82, 2.24) is 14.9 Å². The molecule has 1 fully saturated rings. The first-order valence-electron chi connectivity index (χ1n) is 6.42. The largest absolute Gasteiger partial charge is 0.347 e. The molecule has 1 amide bonds. The van der Waals surface area contributed by atoms with E-state index in [1.54, 1.807) is 29.4 Å². The van der Waals surface area contributed by atoms with Crippen LogP contribution in [0.1, 0.15) is 35.1 Å². The maximum atomic E-state index is 14.1. The number of benzene rings is 1. The average Bonchev–Trinajstić information content (AvgIpc) is 3.10. The SMILES string of the molecule is O=C(c1cccc(Br)c1F)N1CCC[C@H]1c1ncc[nH]1. The summed E-state index contributed by atoms with van der Waals surface area (Å²) in [5.41, 5.74) is 0.0952. The van der Waals surface area contributed by atoms with Crippen LogP contribution in [0, 0.1) is 5.82 Å². The maximum Gasteiger partial charge on any atom is 0.257 e. The van der Waals surface area contributed by atoms with E-state index in [1.807, 2.05) is 0 Å². The number of amides is 1. The van der Waals surface area contributed by atoms with Gasteiger partial charge in [0.15, 0.2) is 0 Å². The third-order valence-corrected chi connectivity index (χ3v) is 4.14. The van der Waals surface area contributed by atoms with Crippen LogP contribution in [-0.4, -0.2) is 27.3 Å². The van der Waals surface area contributed by atoms with Crippen LogP contribution in [0.5, 0.6) is 0 Å². The van der Waals surface area contributed by atoms with Gasteiger partial charge in [0.05, 0.1) is 16.1 Å². The van der Waals surface area contributed by atoms with E-state index in [2.05, 4.69) is 25.9 Å². The topological polar surface area (TPSA) is 49.0 Å². The first-order chi connectivity index (χ1) is 9.68. The molecule has 1 aromatic heterocycles. The number of hydrogen-bond donors (Lipinski definition) is 1. The Kier molecular flexibility index (Phi) is 3.56. The molecule has 1 aliphatic rings. The number of aromatic amines is 1. The van der Waals surface area contributed by atoms with Crippen molar-refractivity contribution in [1.29, 1.82) is 0 Å². The normalized spacial score (nSPS) is 18.5. The van der Waals surface area contributed by atoms with E-state index in [9.17, 15) is 9.18 Å². The molecule has 0 saturated carbocycles. The van der Waals surface area contributed by atoms with E-state index >= 15 is 0 Å². The van der Waals surface area contributed by atoms with E-state index in [4.69, 9.17) is 0 Å². The summed E-state index contributed by atoms with van der Waals surface area (Å²) in [5, 5.41) is 0. The molecule has 0 unspecified atom stereocenters. The first kappa shape index (κ1) is 13.3. The fourth-order valence-electron chi connectivity index (χ4n) is 2.58. The van der Waals surface area contributed by atoms with Gasteiger partial charge < -0.3 is 9.88 Å². The lowest BCUT2D eigenvalue weighted by Crippen LogP contribution is -2.31. The summed E-state index contributed by atoms with van der Waals surface area (Å²) < 4.78 is 14.4. The molecule has 20 heavy (non-hydrogen) atoms. The Morgan fingerprint density at radius 3 is 3.10 bits per heavy atom. The van der Waals surface area contributed by atoms with Crippen molar-refractivity contribution in [2.45, 2.75) is 18.9 Å². The zero-order valence-corrected chi connectivity index (χ0v) is 12.2. The highest BCUT2D eigenvalue weighted by Gasteiger charge is 2.33. The summed E-state index contributed by atoms with van der Waals surface area (Å²) in [6.45, 7) is 0.621. The molecular formula is C14H13BrFN3O. The molecule has 2 heterocycles. The van der Waals surface area contributed by atoms with Gasteiger partial charge in [0, 0.05) is 18.9 Å². The number of carbonyl (C=O) groups is 1. The highest BCUT2D eigenvalue weighted by atomic mass is 79.9. The van der Waals surface area contributed by atoms with Crippen LogP contribution in [-0.2, 0) is 0 Å². The monoisotopic (exact) mass is 337 g/mol. The number of aromatic nitrogens is 2. The van der Waals surface area contributed by atoms with Crippen LogP contribution in [0.4, 0.5) is 4.39 Å². The van der Waals surface area contributed by atoms with Crippen LogP contribution >= 0.6 is 15.9 Å². The highest BCUT2D eigenvalue weighted by molar-refractivity contribution is 9.10. The number of rotatable bonds is 2. The first-order valence-corrected chi connectivity index (χ1v) is 7.22. The van der Waals surface area contributed by atoms with E-state index in [1.165, 1.54) is 6.07 Å². The van der Waals surface area contributed by atoms with Crippen LogP contribution < -0.4 is 0 Å². The summed E-state index contributed by atoms with van der Waals surface area (Å²) in [6, 6.07) is 4.66. The number of hydrogen-bond acceptors (Lipinski definition) is 2. The van der Waals surface area contributed by atoms with Crippen molar-refractivity contribution in [3.8, 4) is 0 Å². The van der Waals surface area contributed by atoms with Crippen molar-refractivity contribution < 1.29 is 9.18 Å². The van der Waals surface area contributed by atoms with Gasteiger partial charge in [-0.15, -0.1) is 0 Å². The van der Waals surface area contributed by atoms with Crippen molar-refractivity contribution in [2.24, 2.45) is 0 Å². The van der Waals surface area contributed by atoms with Gasteiger partial charge in [0.25, 0.3) is 5.91 Å². The van der Waals surface area contributed by atoms with E-state index in [0.717, 1.165) is 18.7 Å². The van der Waals surface area contributed by atoms with Gasteiger partial charge in [-0.25, -0.2) is 9.37 Å². The molecule has 104 valence electrons. The summed E-state index contributed by atoms with van der Waals surface area (Å²) in [6.07, 6.45) is 5.13. The number of H-pyrrole nitrogens is 1. The number of imidazole rings is 1. The van der Waals surface area contributed by atoms with Crippen molar-refractivity contribution in [3.63, 3.8) is 0 Å². The van der Waals surface area contributed by atoms with Crippen LogP contribution in [0.15, 0.2) is 35.1 Å². The molecule has 0 aliphatic carbocycles. The van der Waals surface area contributed by atoms with E-state index in [0.29, 0.717) is 11.0 Å². The van der Waals surface area contributed by atoms with Gasteiger partial charge in [-0.2, -0.15) is 0 Å². The summed E-state index contributed by atoms with van der Waals surface area (Å²) in [5.74, 6) is -0.0449. The molecule has 4 nitrogen and oxygen atoms in total.